The molecule has 0 spiro atoms. The molecule has 13 nitrogen and oxygen atoms in total. The molecular weight excluding hydrogens is 436 g/mol. The number of carbonyl (C=O) groups is 6. The van der Waals surface area contributed by atoms with E-state index in [0.29, 0.717) is 25.8 Å². The largest absolute Gasteiger partial charge is 0.480 e. The molecule has 5 amide bonds. The highest BCUT2D eigenvalue weighted by Gasteiger charge is 2.39. The Labute approximate surface area is 191 Å². The minimum atomic E-state index is -1.41. The van der Waals surface area contributed by atoms with Crippen molar-refractivity contribution in [1.29, 1.82) is 0 Å². The second-order valence-corrected chi connectivity index (χ2v) is 8.31. The average molecular weight is 469 g/mol. The van der Waals surface area contributed by atoms with Crippen molar-refractivity contribution in [2.24, 2.45) is 11.5 Å². The molecule has 4 atom stereocenters. The molecule has 0 aromatic rings. The molecule has 13 heteroatoms. The summed E-state index contributed by atoms with van der Waals surface area (Å²) in [7, 11) is 0. The minimum absolute atomic E-state index is 0.153. The number of nitrogens with two attached hydrogens (primary N) is 2. The molecule has 2 fully saturated rings. The number of hydrogen-bond donors (Lipinski definition) is 6. The highest BCUT2D eigenvalue weighted by atomic mass is 16.4. The Morgan fingerprint density at radius 3 is 2.12 bits per heavy atom. The molecule has 33 heavy (non-hydrogen) atoms. The van der Waals surface area contributed by atoms with Gasteiger partial charge in [0, 0.05) is 19.4 Å². The van der Waals surface area contributed by atoms with E-state index in [2.05, 4.69) is 16.0 Å². The maximum atomic E-state index is 13.0. The third-order valence-electron chi connectivity index (χ3n) is 5.80. The van der Waals surface area contributed by atoms with Crippen LogP contribution in [0.25, 0.3) is 0 Å². The highest BCUT2D eigenvalue weighted by molar-refractivity contribution is 5.94. The van der Waals surface area contributed by atoms with E-state index < -0.39 is 47.7 Å². The lowest BCUT2D eigenvalue weighted by atomic mass is 10.1. The summed E-state index contributed by atoms with van der Waals surface area (Å²) in [4.78, 5) is 73.6. The molecule has 2 aliphatic rings. The number of likely N-dealkylation sites (tertiary alicyclic amines) is 1. The van der Waals surface area contributed by atoms with Gasteiger partial charge in [-0.05, 0) is 45.1 Å². The summed E-state index contributed by atoms with van der Waals surface area (Å²) >= 11 is 0. The smallest absolute Gasteiger partial charge is 0.326 e. The van der Waals surface area contributed by atoms with Crippen LogP contribution in [-0.2, 0) is 28.8 Å². The van der Waals surface area contributed by atoms with E-state index in [1.54, 1.807) is 0 Å². The van der Waals surface area contributed by atoms with E-state index in [-0.39, 0.29) is 37.6 Å². The van der Waals surface area contributed by atoms with E-state index >= 15 is 0 Å². The van der Waals surface area contributed by atoms with Crippen molar-refractivity contribution in [3.63, 3.8) is 0 Å². The first-order valence-corrected chi connectivity index (χ1v) is 11.0. The fourth-order valence-electron chi connectivity index (χ4n) is 4.04. The van der Waals surface area contributed by atoms with Crippen molar-refractivity contribution in [3.05, 3.63) is 0 Å². The number of rotatable bonds is 12. The van der Waals surface area contributed by atoms with Crippen molar-refractivity contribution < 1.29 is 33.9 Å². The second-order valence-electron chi connectivity index (χ2n) is 8.31. The van der Waals surface area contributed by atoms with Crippen LogP contribution < -0.4 is 27.4 Å². The van der Waals surface area contributed by atoms with Crippen LogP contribution in [0.2, 0.25) is 0 Å². The molecule has 4 unspecified atom stereocenters. The van der Waals surface area contributed by atoms with Gasteiger partial charge in [0.05, 0.1) is 6.04 Å². The van der Waals surface area contributed by atoms with Crippen LogP contribution in [0.15, 0.2) is 0 Å². The van der Waals surface area contributed by atoms with Crippen LogP contribution in [0.4, 0.5) is 0 Å². The number of aliphatic carboxylic acids is 1. The number of carboxylic acids is 1. The molecule has 2 saturated heterocycles. The van der Waals surface area contributed by atoms with Gasteiger partial charge in [-0.3, -0.25) is 24.0 Å². The Morgan fingerprint density at radius 2 is 1.58 bits per heavy atom. The summed E-state index contributed by atoms with van der Waals surface area (Å²) in [6, 6.07) is -3.76. The van der Waals surface area contributed by atoms with E-state index in [1.165, 1.54) is 4.90 Å². The Balaban J connectivity index is 2.07. The van der Waals surface area contributed by atoms with Crippen molar-refractivity contribution in [3.8, 4) is 0 Å². The first kappa shape index (κ1) is 26.0. The first-order valence-electron chi connectivity index (χ1n) is 11.0. The summed E-state index contributed by atoms with van der Waals surface area (Å²) in [5.74, 6) is -4.36. The van der Waals surface area contributed by atoms with Gasteiger partial charge in [-0.25, -0.2) is 4.79 Å². The summed E-state index contributed by atoms with van der Waals surface area (Å²) < 4.78 is 0. The quantitative estimate of drug-likeness (QED) is 0.177. The molecule has 0 aromatic heterocycles. The standard InChI is InChI=1S/C20H32N6O7/c21-15(27)7-5-11(17(29)25-13(20(32)33)6-8-16(22)28)24-18(30)14-4-2-10-26(14)19(31)12-3-1-9-23-12/h11-14,23H,1-10H2,(H2,21,27)(H2,22,28)(H,24,30)(H,25,29)(H,32,33). The van der Waals surface area contributed by atoms with Gasteiger partial charge in [0.1, 0.15) is 18.1 Å². The normalized spacial score (nSPS) is 21.8. The van der Waals surface area contributed by atoms with E-state index in [1.807, 2.05) is 0 Å². The molecule has 0 aliphatic carbocycles. The number of hydrogen-bond acceptors (Lipinski definition) is 7. The molecule has 8 N–H and O–H groups in total. The zero-order valence-corrected chi connectivity index (χ0v) is 18.4. The van der Waals surface area contributed by atoms with Gasteiger partial charge in [-0.1, -0.05) is 0 Å². The SMILES string of the molecule is NC(=O)CCC(NC(=O)C(CCC(N)=O)NC(=O)C1CCCN1C(=O)C1CCCN1)C(=O)O. The third kappa shape index (κ3) is 7.70. The predicted octanol–water partition coefficient (Wildman–Crippen LogP) is -2.69. The van der Waals surface area contributed by atoms with E-state index in [0.717, 1.165) is 13.0 Å². The number of carboxylic acid groups (broad SMARTS) is 1. The first-order chi connectivity index (χ1) is 15.6. The van der Waals surface area contributed by atoms with Gasteiger partial charge in [0.25, 0.3) is 0 Å². The van der Waals surface area contributed by atoms with Crippen molar-refractivity contribution in [2.45, 2.75) is 75.5 Å². The third-order valence-corrected chi connectivity index (χ3v) is 5.80. The van der Waals surface area contributed by atoms with E-state index in [9.17, 15) is 33.9 Å². The molecule has 2 heterocycles. The Morgan fingerprint density at radius 1 is 0.939 bits per heavy atom. The van der Waals surface area contributed by atoms with Crippen LogP contribution in [-0.4, -0.2) is 82.8 Å². The fourth-order valence-corrected chi connectivity index (χ4v) is 4.04. The number of nitrogens with zero attached hydrogens (tertiary/aromatic N) is 1. The molecule has 0 bridgehead atoms. The molecule has 184 valence electrons. The summed E-state index contributed by atoms with van der Waals surface area (Å²) in [5, 5.41) is 17.2. The summed E-state index contributed by atoms with van der Waals surface area (Å²) in [5.41, 5.74) is 10.2. The van der Waals surface area contributed by atoms with Crippen LogP contribution in [0.1, 0.15) is 51.4 Å². The summed E-state index contributed by atoms with van der Waals surface area (Å²) in [6.07, 6.45) is 1.74. The minimum Gasteiger partial charge on any atom is -0.480 e. The van der Waals surface area contributed by atoms with E-state index in [4.69, 9.17) is 11.5 Å². The van der Waals surface area contributed by atoms with Gasteiger partial charge < -0.3 is 37.4 Å². The monoisotopic (exact) mass is 468 g/mol. The Hall–Kier alpha value is -3.22. The van der Waals surface area contributed by atoms with Crippen LogP contribution in [0.3, 0.4) is 0 Å². The zero-order chi connectivity index (χ0) is 24.5. The van der Waals surface area contributed by atoms with Gasteiger partial charge >= 0.3 is 5.97 Å². The van der Waals surface area contributed by atoms with Crippen LogP contribution in [0, 0.1) is 0 Å². The lowest BCUT2D eigenvalue weighted by Gasteiger charge is -2.28. The van der Waals surface area contributed by atoms with Gasteiger partial charge in [-0.15, -0.1) is 0 Å². The van der Waals surface area contributed by atoms with Gasteiger partial charge in [0.15, 0.2) is 0 Å². The number of amides is 5. The number of carbonyl (C=O) groups excluding carboxylic acids is 5. The van der Waals surface area contributed by atoms with Crippen LogP contribution >= 0.6 is 0 Å². The maximum Gasteiger partial charge on any atom is 0.326 e. The molecule has 0 radical (unpaired) electrons. The van der Waals surface area contributed by atoms with Crippen molar-refractivity contribution >= 4 is 35.5 Å². The summed E-state index contributed by atoms with van der Waals surface area (Å²) in [6.45, 7) is 1.15. The zero-order valence-electron chi connectivity index (χ0n) is 18.4. The lowest BCUT2D eigenvalue weighted by Crippen LogP contribution is -2.56. The molecule has 0 saturated carbocycles. The Bertz CT molecular complexity index is 783. The van der Waals surface area contributed by atoms with Crippen LogP contribution in [0.5, 0.6) is 0 Å². The van der Waals surface area contributed by atoms with Gasteiger partial charge in [-0.2, -0.15) is 0 Å². The van der Waals surface area contributed by atoms with Gasteiger partial charge in [0.2, 0.25) is 29.5 Å². The topological polar surface area (TPSA) is 214 Å². The molecule has 2 rings (SSSR count). The molecule has 2 aliphatic heterocycles. The van der Waals surface area contributed by atoms with Crippen molar-refractivity contribution in [1.82, 2.24) is 20.9 Å². The predicted molar refractivity (Wildman–Crippen MR) is 114 cm³/mol. The average Bonchev–Trinajstić information content (AvgIpc) is 3.44. The lowest BCUT2D eigenvalue weighted by molar-refractivity contribution is -0.143. The molecule has 0 aromatic carbocycles. The second kappa shape index (κ2) is 12.1. The maximum absolute atomic E-state index is 13.0. The van der Waals surface area contributed by atoms with Crippen molar-refractivity contribution in [2.75, 3.05) is 13.1 Å². The highest BCUT2D eigenvalue weighted by Crippen LogP contribution is 2.21. The number of primary amides is 2. The Kier molecular flexibility index (Phi) is 9.57. The fraction of sp³-hybridized carbons (Fsp3) is 0.700. The molecular formula is C20H32N6O7. The number of nitrogens with one attached hydrogen (secondary N) is 3.